The van der Waals surface area contributed by atoms with Crippen LogP contribution < -0.4 is 15.8 Å². The molecule has 0 unspecified atom stereocenters. The molecule has 3 N–H and O–H groups in total. The van der Waals surface area contributed by atoms with Crippen molar-refractivity contribution in [1.29, 1.82) is 0 Å². The van der Waals surface area contributed by atoms with E-state index in [2.05, 4.69) is 10.2 Å². The Hall–Kier alpha value is -1.59. The number of benzene rings is 1. The third kappa shape index (κ3) is 3.95. The first kappa shape index (κ1) is 15.8. The number of carbonyl (C=O) groups is 1. The topological polar surface area (TPSA) is 67.6 Å². The first-order chi connectivity index (χ1) is 10.1. The molecule has 0 bridgehead atoms. The van der Waals surface area contributed by atoms with Crippen LogP contribution in [-0.2, 0) is 4.79 Å². The van der Waals surface area contributed by atoms with Crippen LogP contribution in [0.25, 0.3) is 0 Å². The average molecular weight is 291 g/mol. The largest absolute Gasteiger partial charge is 0.492 e. The van der Waals surface area contributed by atoms with E-state index in [4.69, 9.17) is 10.5 Å². The van der Waals surface area contributed by atoms with Crippen LogP contribution in [0, 0.1) is 5.41 Å². The molecule has 0 radical (unpaired) electrons. The van der Waals surface area contributed by atoms with E-state index in [1.807, 2.05) is 38.4 Å². The van der Waals surface area contributed by atoms with Gasteiger partial charge in [-0.15, -0.1) is 0 Å². The zero-order valence-corrected chi connectivity index (χ0v) is 12.9. The van der Waals surface area contributed by atoms with E-state index in [0.29, 0.717) is 13.2 Å². The average Bonchev–Trinajstić information content (AvgIpc) is 2.40. The Morgan fingerprint density at radius 1 is 1.33 bits per heavy atom. The number of nitrogens with zero attached hydrogens (tertiary/aromatic N) is 1. The van der Waals surface area contributed by atoms with Crippen molar-refractivity contribution in [3.63, 3.8) is 0 Å². The summed E-state index contributed by atoms with van der Waals surface area (Å²) in [7, 11) is 4.02. The third-order valence-corrected chi connectivity index (χ3v) is 4.10. The van der Waals surface area contributed by atoms with Gasteiger partial charge in [0.05, 0.1) is 5.41 Å². The van der Waals surface area contributed by atoms with E-state index in [-0.39, 0.29) is 11.3 Å². The quantitative estimate of drug-likeness (QED) is 0.802. The Labute approximate surface area is 126 Å². The smallest absolute Gasteiger partial charge is 0.231 e. The van der Waals surface area contributed by atoms with Crippen LogP contribution in [-0.4, -0.2) is 44.6 Å². The van der Waals surface area contributed by atoms with Crippen molar-refractivity contribution >= 4 is 11.6 Å². The zero-order chi connectivity index (χ0) is 15.3. The summed E-state index contributed by atoms with van der Waals surface area (Å²) in [4.78, 5) is 14.3. The lowest BCUT2D eigenvalue weighted by Gasteiger charge is -2.39. The molecule has 1 aromatic carbocycles. The highest BCUT2D eigenvalue weighted by Gasteiger charge is 2.42. The van der Waals surface area contributed by atoms with Gasteiger partial charge in [0.1, 0.15) is 12.4 Å². The molecule has 116 valence electrons. The van der Waals surface area contributed by atoms with Gasteiger partial charge in [0.15, 0.2) is 0 Å². The molecule has 1 fully saturated rings. The highest BCUT2D eigenvalue weighted by Crippen LogP contribution is 2.40. The Kier molecular flexibility index (Phi) is 5.20. The summed E-state index contributed by atoms with van der Waals surface area (Å²) >= 11 is 0. The van der Waals surface area contributed by atoms with Gasteiger partial charge in [-0.05, 0) is 51.2 Å². The highest BCUT2D eigenvalue weighted by molar-refractivity contribution is 5.96. The molecular weight excluding hydrogens is 266 g/mol. The maximum absolute atomic E-state index is 12.3. The highest BCUT2D eigenvalue weighted by atomic mass is 16.5. The van der Waals surface area contributed by atoms with Gasteiger partial charge in [0, 0.05) is 18.8 Å². The minimum absolute atomic E-state index is 0.0394. The lowest BCUT2D eigenvalue weighted by Crippen LogP contribution is -2.47. The number of hydrogen-bond donors (Lipinski definition) is 2. The maximum Gasteiger partial charge on any atom is 0.231 e. The second-order valence-electron chi connectivity index (χ2n) is 5.97. The molecule has 1 saturated carbocycles. The molecule has 1 amide bonds. The number of nitrogens with one attached hydrogen (secondary N) is 1. The minimum atomic E-state index is -0.346. The van der Waals surface area contributed by atoms with Crippen molar-refractivity contribution in [2.75, 3.05) is 39.1 Å². The Morgan fingerprint density at radius 3 is 2.48 bits per heavy atom. The lowest BCUT2D eigenvalue weighted by molar-refractivity contribution is -0.129. The fourth-order valence-corrected chi connectivity index (χ4v) is 2.37. The van der Waals surface area contributed by atoms with E-state index in [0.717, 1.165) is 37.2 Å². The molecule has 5 heteroatoms. The summed E-state index contributed by atoms with van der Waals surface area (Å²) in [5, 5.41) is 2.95. The summed E-state index contributed by atoms with van der Waals surface area (Å²) in [5.41, 5.74) is 6.19. The molecule has 2 rings (SSSR count). The number of rotatable bonds is 7. The van der Waals surface area contributed by atoms with Crippen LogP contribution >= 0.6 is 0 Å². The standard InChI is InChI=1S/C16H25N3O2/c1-19(2)10-11-21-14-6-4-13(5-7-14)18-15(20)16(12-17)8-3-9-16/h4-7H,3,8-12,17H2,1-2H3,(H,18,20). The van der Waals surface area contributed by atoms with Crippen LogP contribution in [0.15, 0.2) is 24.3 Å². The maximum atomic E-state index is 12.3. The fraction of sp³-hybridized carbons (Fsp3) is 0.562. The van der Waals surface area contributed by atoms with Gasteiger partial charge in [-0.25, -0.2) is 0 Å². The first-order valence-corrected chi connectivity index (χ1v) is 7.45. The number of ether oxygens (including phenoxy) is 1. The van der Waals surface area contributed by atoms with Crippen molar-refractivity contribution < 1.29 is 9.53 Å². The molecule has 0 aromatic heterocycles. The third-order valence-electron chi connectivity index (χ3n) is 4.10. The molecule has 0 saturated heterocycles. The SMILES string of the molecule is CN(C)CCOc1ccc(NC(=O)C2(CN)CCC2)cc1. The molecule has 1 aromatic rings. The van der Waals surface area contributed by atoms with Gasteiger partial charge in [-0.2, -0.15) is 0 Å². The predicted molar refractivity (Wildman–Crippen MR) is 84.5 cm³/mol. The Morgan fingerprint density at radius 2 is 2.00 bits per heavy atom. The normalized spacial score (nSPS) is 16.4. The van der Waals surface area contributed by atoms with Gasteiger partial charge in [0.25, 0.3) is 0 Å². The van der Waals surface area contributed by atoms with Crippen molar-refractivity contribution in [3.05, 3.63) is 24.3 Å². The monoisotopic (exact) mass is 291 g/mol. The zero-order valence-electron chi connectivity index (χ0n) is 12.9. The second kappa shape index (κ2) is 6.91. The number of nitrogens with two attached hydrogens (primary N) is 1. The van der Waals surface area contributed by atoms with Crippen molar-refractivity contribution in [3.8, 4) is 5.75 Å². The molecule has 5 nitrogen and oxygen atoms in total. The summed E-state index contributed by atoms with van der Waals surface area (Å²) in [5.74, 6) is 0.851. The van der Waals surface area contributed by atoms with Crippen LogP contribution in [0.4, 0.5) is 5.69 Å². The summed E-state index contributed by atoms with van der Waals surface area (Å²) in [6.07, 6.45) is 2.87. The molecular formula is C16H25N3O2. The number of hydrogen-bond acceptors (Lipinski definition) is 4. The van der Waals surface area contributed by atoms with Gasteiger partial charge < -0.3 is 20.7 Å². The molecule has 1 aliphatic carbocycles. The number of amides is 1. The van der Waals surface area contributed by atoms with Gasteiger partial charge >= 0.3 is 0 Å². The number of carbonyl (C=O) groups excluding carboxylic acids is 1. The Bertz CT molecular complexity index is 461. The molecule has 0 atom stereocenters. The van der Waals surface area contributed by atoms with Crippen molar-refractivity contribution in [2.45, 2.75) is 19.3 Å². The van der Waals surface area contributed by atoms with Crippen LogP contribution in [0.2, 0.25) is 0 Å². The molecule has 0 heterocycles. The minimum Gasteiger partial charge on any atom is -0.492 e. The van der Waals surface area contributed by atoms with Crippen molar-refractivity contribution in [2.24, 2.45) is 11.1 Å². The summed E-state index contributed by atoms with van der Waals surface area (Å²) in [6, 6.07) is 7.49. The number of anilines is 1. The molecule has 0 aliphatic heterocycles. The van der Waals surface area contributed by atoms with E-state index >= 15 is 0 Å². The summed E-state index contributed by atoms with van der Waals surface area (Å²) < 4.78 is 5.62. The molecule has 0 spiro atoms. The second-order valence-corrected chi connectivity index (χ2v) is 5.97. The lowest BCUT2D eigenvalue weighted by atomic mass is 9.68. The van der Waals surface area contributed by atoms with E-state index in [1.54, 1.807) is 0 Å². The first-order valence-electron chi connectivity index (χ1n) is 7.45. The van der Waals surface area contributed by atoms with Gasteiger partial charge in [-0.3, -0.25) is 4.79 Å². The van der Waals surface area contributed by atoms with E-state index < -0.39 is 0 Å². The fourth-order valence-electron chi connectivity index (χ4n) is 2.37. The van der Waals surface area contributed by atoms with Crippen LogP contribution in [0.1, 0.15) is 19.3 Å². The molecule has 21 heavy (non-hydrogen) atoms. The van der Waals surface area contributed by atoms with Gasteiger partial charge in [-0.1, -0.05) is 6.42 Å². The van der Waals surface area contributed by atoms with Crippen molar-refractivity contribution in [1.82, 2.24) is 4.90 Å². The van der Waals surface area contributed by atoms with Crippen LogP contribution in [0.3, 0.4) is 0 Å². The Balaban J connectivity index is 1.86. The van der Waals surface area contributed by atoms with E-state index in [9.17, 15) is 4.79 Å². The molecule has 1 aliphatic rings. The van der Waals surface area contributed by atoms with Gasteiger partial charge in [0.2, 0.25) is 5.91 Å². The number of likely N-dealkylation sites (N-methyl/N-ethyl adjacent to an activating group) is 1. The van der Waals surface area contributed by atoms with E-state index in [1.165, 1.54) is 0 Å². The summed E-state index contributed by atoms with van der Waals surface area (Å²) in [6.45, 7) is 1.94. The van der Waals surface area contributed by atoms with Crippen LogP contribution in [0.5, 0.6) is 5.75 Å². The predicted octanol–water partition coefficient (Wildman–Crippen LogP) is 1.69.